The summed E-state index contributed by atoms with van der Waals surface area (Å²) in [6.07, 6.45) is 5.43. The van der Waals surface area contributed by atoms with Crippen molar-refractivity contribution in [2.45, 2.75) is 26.2 Å². The zero-order chi connectivity index (χ0) is 16.2. The van der Waals surface area contributed by atoms with Crippen LogP contribution in [0, 0.1) is 5.92 Å². The van der Waals surface area contributed by atoms with Crippen molar-refractivity contribution in [3.8, 4) is 5.75 Å². The summed E-state index contributed by atoms with van der Waals surface area (Å²) in [5.74, 6) is 1.33. The highest BCUT2D eigenvalue weighted by Crippen LogP contribution is 2.24. The van der Waals surface area contributed by atoms with Crippen molar-refractivity contribution in [2.24, 2.45) is 5.92 Å². The molecule has 0 unspecified atom stereocenters. The van der Waals surface area contributed by atoms with Crippen LogP contribution in [0.5, 0.6) is 5.75 Å². The van der Waals surface area contributed by atoms with E-state index in [1.54, 1.807) is 12.1 Å². The number of aromatic hydroxyl groups is 1. The normalized spacial score (nSPS) is 20.4. The van der Waals surface area contributed by atoms with Crippen molar-refractivity contribution in [2.75, 3.05) is 32.7 Å². The number of carbonyl (C=O) groups excluding carboxylic acids is 1. The van der Waals surface area contributed by atoms with Gasteiger partial charge in [0.15, 0.2) is 0 Å². The van der Waals surface area contributed by atoms with E-state index in [4.69, 9.17) is 0 Å². The number of benzene rings is 1. The molecule has 2 aliphatic heterocycles. The van der Waals surface area contributed by atoms with Crippen molar-refractivity contribution >= 4 is 11.5 Å². The van der Waals surface area contributed by atoms with Crippen molar-refractivity contribution in [1.82, 2.24) is 9.80 Å². The average molecular weight is 314 g/mol. The van der Waals surface area contributed by atoms with Gasteiger partial charge in [-0.2, -0.15) is 0 Å². The number of phenols is 1. The Kier molecular flexibility index (Phi) is 5.01. The molecule has 1 aromatic rings. The molecule has 0 saturated carbocycles. The summed E-state index contributed by atoms with van der Waals surface area (Å²) < 4.78 is 0. The second-order valence-electron chi connectivity index (χ2n) is 6.82. The molecule has 4 nitrogen and oxygen atoms in total. The summed E-state index contributed by atoms with van der Waals surface area (Å²) in [6.45, 7) is 6.38. The molecule has 0 bridgehead atoms. The van der Waals surface area contributed by atoms with Crippen LogP contribution in [-0.4, -0.2) is 53.5 Å². The van der Waals surface area contributed by atoms with Crippen LogP contribution in [0.15, 0.2) is 30.3 Å². The maximum atomic E-state index is 12.4. The fourth-order valence-electron chi connectivity index (χ4n) is 3.34. The fraction of sp³-hybridized carbons (Fsp3) is 0.526. The van der Waals surface area contributed by atoms with E-state index in [-0.39, 0.29) is 5.91 Å². The number of piperidine rings is 1. The van der Waals surface area contributed by atoms with E-state index in [1.807, 2.05) is 17.0 Å². The number of amides is 1. The molecule has 124 valence electrons. The summed E-state index contributed by atoms with van der Waals surface area (Å²) in [7, 11) is 0. The first-order valence-electron chi connectivity index (χ1n) is 8.60. The number of carbonyl (C=O) groups is 1. The van der Waals surface area contributed by atoms with Crippen molar-refractivity contribution in [3.05, 3.63) is 35.9 Å². The Hall–Kier alpha value is -1.81. The van der Waals surface area contributed by atoms with Gasteiger partial charge in [0.25, 0.3) is 0 Å². The van der Waals surface area contributed by atoms with E-state index in [1.165, 1.54) is 11.1 Å². The first-order chi connectivity index (χ1) is 11.1. The molecule has 2 heterocycles. The highest BCUT2D eigenvalue weighted by Gasteiger charge is 2.23. The Bertz CT molecular complexity index is 572. The Balaban J connectivity index is 1.52. The van der Waals surface area contributed by atoms with Gasteiger partial charge in [0.05, 0.1) is 6.54 Å². The first kappa shape index (κ1) is 16.1. The third kappa shape index (κ3) is 4.14. The number of likely N-dealkylation sites (tertiary alicyclic amines) is 1. The second kappa shape index (κ2) is 7.18. The first-order valence-corrected chi connectivity index (χ1v) is 8.60. The number of rotatable bonds is 3. The van der Waals surface area contributed by atoms with Gasteiger partial charge in [-0.25, -0.2) is 0 Å². The lowest BCUT2D eigenvalue weighted by Gasteiger charge is -2.33. The number of hydrogen-bond donors (Lipinski definition) is 1. The van der Waals surface area contributed by atoms with Crippen LogP contribution in [0.2, 0.25) is 0 Å². The van der Waals surface area contributed by atoms with E-state index >= 15 is 0 Å². The molecule has 1 aromatic carbocycles. The van der Waals surface area contributed by atoms with E-state index in [2.05, 4.69) is 17.9 Å². The SMILES string of the molecule is CC1CCN(C(=O)CN2CC=C(c3ccc(O)cc3)CC2)CC1. The Morgan fingerprint density at radius 1 is 1.17 bits per heavy atom. The standard InChI is InChI=1S/C19H26N2O2/c1-15-6-12-21(13-7-15)19(23)14-20-10-8-17(9-11-20)16-2-4-18(22)5-3-16/h2-5,8,15,22H,6-7,9-14H2,1H3. The molecule has 0 spiro atoms. The molecule has 1 amide bonds. The largest absolute Gasteiger partial charge is 0.508 e. The topological polar surface area (TPSA) is 43.8 Å². The zero-order valence-corrected chi connectivity index (χ0v) is 13.9. The monoisotopic (exact) mass is 314 g/mol. The van der Waals surface area contributed by atoms with Crippen molar-refractivity contribution < 1.29 is 9.90 Å². The van der Waals surface area contributed by atoms with Crippen LogP contribution in [0.3, 0.4) is 0 Å². The van der Waals surface area contributed by atoms with Gasteiger partial charge in [0.1, 0.15) is 5.75 Å². The van der Waals surface area contributed by atoms with Gasteiger partial charge < -0.3 is 10.0 Å². The van der Waals surface area contributed by atoms with E-state index in [9.17, 15) is 9.90 Å². The highest BCUT2D eigenvalue weighted by molar-refractivity contribution is 5.78. The molecule has 0 aromatic heterocycles. The van der Waals surface area contributed by atoms with E-state index in [0.717, 1.165) is 51.4 Å². The molecule has 3 rings (SSSR count). The lowest BCUT2D eigenvalue weighted by Crippen LogP contribution is -2.44. The van der Waals surface area contributed by atoms with Gasteiger partial charge in [-0.1, -0.05) is 25.1 Å². The van der Waals surface area contributed by atoms with Gasteiger partial charge in [0, 0.05) is 26.2 Å². The molecule has 23 heavy (non-hydrogen) atoms. The second-order valence-corrected chi connectivity index (χ2v) is 6.82. The summed E-state index contributed by atoms with van der Waals surface area (Å²) in [5, 5.41) is 9.37. The Morgan fingerprint density at radius 3 is 2.48 bits per heavy atom. The molecule has 0 atom stereocenters. The average Bonchev–Trinajstić information content (AvgIpc) is 2.57. The molecule has 4 heteroatoms. The lowest BCUT2D eigenvalue weighted by molar-refractivity contribution is -0.133. The van der Waals surface area contributed by atoms with Crippen LogP contribution in [0.4, 0.5) is 0 Å². The summed E-state index contributed by atoms with van der Waals surface area (Å²) in [6, 6.07) is 7.36. The third-order valence-electron chi connectivity index (χ3n) is 5.03. The fourth-order valence-corrected chi connectivity index (χ4v) is 3.34. The van der Waals surface area contributed by atoms with E-state index in [0.29, 0.717) is 12.3 Å². The van der Waals surface area contributed by atoms with Gasteiger partial charge in [-0.3, -0.25) is 9.69 Å². The predicted octanol–water partition coefficient (Wildman–Crippen LogP) is 2.74. The smallest absolute Gasteiger partial charge is 0.236 e. The minimum absolute atomic E-state index is 0.276. The van der Waals surface area contributed by atoms with Crippen LogP contribution in [0.25, 0.3) is 5.57 Å². The number of phenolic OH excluding ortho intramolecular Hbond substituents is 1. The maximum Gasteiger partial charge on any atom is 0.236 e. The summed E-state index contributed by atoms with van der Waals surface area (Å²) in [4.78, 5) is 16.7. The van der Waals surface area contributed by atoms with Crippen LogP contribution >= 0.6 is 0 Å². The molecule has 1 fully saturated rings. The minimum atomic E-state index is 0.276. The third-order valence-corrected chi connectivity index (χ3v) is 5.03. The Morgan fingerprint density at radius 2 is 1.87 bits per heavy atom. The molecule has 1 N–H and O–H groups in total. The molecule has 0 aliphatic carbocycles. The quantitative estimate of drug-likeness (QED) is 0.933. The van der Waals surface area contributed by atoms with Gasteiger partial charge in [0.2, 0.25) is 5.91 Å². The van der Waals surface area contributed by atoms with Gasteiger partial charge in [-0.05, 0) is 48.4 Å². The summed E-state index contributed by atoms with van der Waals surface area (Å²) in [5.41, 5.74) is 2.47. The number of hydrogen-bond acceptors (Lipinski definition) is 3. The van der Waals surface area contributed by atoms with Gasteiger partial charge in [-0.15, -0.1) is 0 Å². The van der Waals surface area contributed by atoms with Crippen LogP contribution < -0.4 is 0 Å². The molecule has 2 aliphatic rings. The minimum Gasteiger partial charge on any atom is -0.508 e. The van der Waals surface area contributed by atoms with Crippen LogP contribution in [0.1, 0.15) is 31.7 Å². The molecule has 0 radical (unpaired) electrons. The molecule has 1 saturated heterocycles. The van der Waals surface area contributed by atoms with Gasteiger partial charge >= 0.3 is 0 Å². The predicted molar refractivity (Wildman–Crippen MR) is 92.1 cm³/mol. The van der Waals surface area contributed by atoms with Crippen molar-refractivity contribution in [3.63, 3.8) is 0 Å². The lowest BCUT2D eigenvalue weighted by atomic mass is 9.98. The van der Waals surface area contributed by atoms with Crippen molar-refractivity contribution in [1.29, 1.82) is 0 Å². The molecular formula is C19H26N2O2. The summed E-state index contributed by atoms with van der Waals surface area (Å²) >= 11 is 0. The van der Waals surface area contributed by atoms with E-state index < -0.39 is 0 Å². The zero-order valence-electron chi connectivity index (χ0n) is 13.9. The molecular weight excluding hydrogens is 288 g/mol. The Labute approximate surface area is 138 Å². The maximum absolute atomic E-state index is 12.4. The number of nitrogens with zero attached hydrogens (tertiary/aromatic N) is 2. The van der Waals surface area contributed by atoms with Crippen LogP contribution in [-0.2, 0) is 4.79 Å². The highest BCUT2D eigenvalue weighted by atomic mass is 16.3.